The number of halogens is 1. The van der Waals surface area contributed by atoms with Gasteiger partial charge in [0.2, 0.25) is 27.6 Å². The first-order valence-electron chi connectivity index (χ1n) is 9.21. The van der Waals surface area contributed by atoms with Crippen LogP contribution in [-0.4, -0.2) is 36.8 Å². The molecule has 1 N–H and O–H groups in total. The fourth-order valence-corrected chi connectivity index (χ4v) is 4.43. The first-order valence-corrected chi connectivity index (χ1v) is 11.4. The number of amides is 1. The Kier molecular flexibility index (Phi) is 6.73. The van der Waals surface area contributed by atoms with E-state index in [0.717, 1.165) is 10.6 Å². The minimum absolute atomic E-state index is 0.0425. The first kappa shape index (κ1) is 21.8. The van der Waals surface area contributed by atoms with Crippen LogP contribution in [0.2, 0.25) is 5.02 Å². The molecular weight excluding hydrogens is 428 g/mol. The molecule has 1 atom stereocenters. The molecule has 2 aromatic carbocycles. The van der Waals surface area contributed by atoms with Crippen LogP contribution in [0.25, 0.3) is 11.4 Å². The minimum atomic E-state index is -3.69. The molecule has 30 heavy (non-hydrogen) atoms. The lowest BCUT2D eigenvalue weighted by Gasteiger charge is -2.29. The molecule has 0 saturated carbocycles. The maximum Gasteiger partial charge on any atom is 0.246 e. The average molecular weight is 449 g/mol. The number of para-hydroxylation sites is 1. The third-order valence-corrected chi connectivity index (χ3v) is 5.85. The predicted molar refractivity (Wildman–Crippen MR) is 114 cm³/mol. The fourth-order valence-electron chi connectivity index (χ4n) is 2.99. The van der Waals surface area contributed by atoms with Crippen LogP contribution < -0.4 is 9.62 Å². The van der Waals surface area contributed by atoms with E-state index in [1.165, 1.54) is 0 Å². The molecule has 3 aromatic rings. The van der Waals surface area contributed by atoms with Gasteiger partial charge in [0.1, 0.15) is 6.04 Å². The van der Waals surface area contributed by atoms with E-state index in [1.54, 1.807) is 61.5 Å². The molecule has 0 aliphatic rings. The van der Waals surface area contributed by atoms with Crippen LogP contribution in [0, 0.1) is 0 Å². The Labute approximate surface area is 179 Å². The van der Waals surface area contributed by atoms with Crippen LogP contribution >= 0.6 is 11.6 Å². The van der Waals surface area contributed by atoms with E-state index in [9.17, 15) is 13.2 Å². The van der Waals surface area contributed by atoms with Gasteiger partial charge in [0.15, 0.2) is 0 Å². The number of hydrogen-bond donors (Lipinski definition) is 1. The Morgan fingerprint density at radius 2 is 1.83 bits per heavy atom. The summed E-state index contributed by atoms with van der Waals surface area (Å²) in [6.07, 6.45) is 1.35. The van der Waals surface area contributed by atoms with Crippen LogP contribution in [0.5, 0.6) is 0 Å². The molecule has 0 aliphatic heterocycles. The Bertz CT molecular complexity index is 1120. The summed E-state index contributed by atoms with van der Waals surface area (Å²) in [5.74, 6) is 0.0157. The van der Waals surface area contributed by atoms with Gasteiger partial charge in [-0.2, -0.15) is 4.98 Å². The zero-order chi connectivity index (χ0) is 21.7. The van der Waals surface area contributed by atoms with Crippen molar-refractivity contribution in [1.82, 2.24) is 15.5 Å². The molecular formula is C20H21ClN4O4S. The molecule has 1 amide bonds. The standard InChI is InChI=1S/C20H21ClN4O4S/c1-3-17(25(30(2,27)28)14-9-5-4-6-10-14)20(26)22-13-18-23-19(24-29-18)15-11-7-8-12-16(15)21/h4-12,17H,3,13H2,1-2H3,(H,22,26). The number of anilines is 1. The summed E-state index contributed by atoms with van der Waals surface area (Å²) in [6, 6.07) is 14.6. The fraction of sp³-hybridized carbons (Fsp3) is 0.250. The van der Waals surface area contributed by atoms with Gasteiger partial charge in [0.25, 0.3) is 0 Å². The van der Waals surface area contributed by atoms with E-state index < -0.39 is 22.0 Å². The van der Waals surface area contributed by atoms with Crippen LogP contribution in [0.1, 0.15) is 19.2 Å². The summed E-state index contributed by atoms with van der Waals surface area (Å²) in [7, 11) is -3.69. The quantitative estimate of drug-likeness (QED) is 0.567. The summed E-state index contributed by atoms with van der Waals surface area (Å²) in [6.45, 7) is 1.70. The molecule has 0 fully saturated rings. The van der Waals surface area contributed by atoms with Crippen LogP contribution in [-0.2, 0) is 21.4 Å². The minimum Gasteiger partial charge on any atom is -0.345 e. The molecule has 158 valence electrons. The largest absolute Gasteiger partial charge is 0.345 e. The van der Waals surface area contributed by atoms with Crippen molar-refractivity contribution in [3.05, 3.63) is 65.5 Å². The van der Waals surface area contributed by atoms with Crippen molar-refractivity contribution < 1.29 is 17.7 Å². The maximum atomic E-state index is 12.8. The molecule has 1 aromatic heterocycles. The second-order valence-electron chi connectivity index (χ2n) is 6.53. The topological polar surface area (TPSA) is 105 Å². The molecule has 8 nitrogen and oxygen atoms in total. The molecule has 0 spiro atoms. The average Bonchev–Trinajstić information content (AvgIpc) is 3.19. The molecule has 1 heterocycles. The van der Waals surface area contributed by atoms with Gasteiger partial charge < -0.3 is 9.84 Å². The summed E-state index contributed by atoms with van der Waals surface area (Å²) in [5.41, 5.74) is 1.03. The number of benzene rings is 2. The van der Waals surface area contributed by atoms with Gasteiger partial charge in [-0.1, -0.05) is 54.0 Å². The zero-order valence-corrected chi connectivity index (χ0v) is 18.0. The van der Waals surface area contributed by atoms with Crippen molar-refractivity contribution >= 4 is 33.2 Å². The van der Waals surface area contributed by atoms with E-state index in [1.807, 2.05) is 0 Å². The van der Waals surface area contributed by atoms with Crippen molar-refractivity contribution in [2.45, 2.75) is 25.9 Å². The summed E-state index contributed by atoms with van der Waals surface area (Å²) >= 11 is 6.14. The van der Waals surface area contributed by atoms with Gasteiger partial charge in [-0.05, 0) is 30.7 Å². The van der Waals surface area contributed by atoms with E-state index in [0.29, 0.717) is 22.1 Å². The van der Waals surface area contributed by atoms with Crippen LogP contribution in [0.15, 0.2) is 59.1 Å². The number of carbonyl (C=O) groups is 1. The summed E-state index contributed by atoms with van der Waals surface area (Å²) < 4.78 is 31.1. The number of aromatic nitrogens is 2. The monoisotopic (exact) mass is 448 g/mol. The van der Waals surface area contributed by atoms with E-state index in [2.05, 4.69) is 15.5 Å². The van der Waals surface area contributed by atoms with Crippen molar-refractivity contribution in [1.29, 1.82) is 0 Å². The van der Waals surface area contributed by atoms with Crippen molar-refractivity contribution in [3.63, 3.8) is 0 Å². The second kappa shape index (κ2) is 9.27. The van der Waals surface area contributed by atoms with Crippen molar-refractivity contribution in [2.24, 2.45) is 0 Å². The van der Waals surface area contributed by atoms with Gasteiger partial charge in [0, 0.05) is 5.56 Å². The highest BCUT2D eigenvalue weighted by atomic mass is 35.5. The molecule has 0 bridgehead atoms. The summed E-state index contributed by atoms with van der Waals surface area (Å²) in [4.78, 5) is 17.1. The molecule has 3 rings (SSSR count). The molecule has 0 saturated heterocycles. The highest BCUT2D eigenvalue weighted by Gasteiger charge is 2.31. The molecule has 1 unspecified atom stereocenters. The second-order valence-corrected chi connectivity index (χ2v) is 8.79. The number of nitrogens with one attached hydrogen (secondary N) is 1. The third kappa shape index (κ3) is 4.98. The van der Waals surface area contributed by atoms with Gasteiger partial charge in [-0.15, -0.1) is 0 Å². The normalized spacial score (nSPS) is 12.4. The number of hydrogen-bond acceptors (Lipinski definition) is 6. The lowest BCUT2D eigenvalue weighted by molar-refractivity contribution is -0.122. The van der Waals surface area contributed by atoms with Gasteiger partial charge in [0.05, 0.1) is 23.5 Å². The van der Waals surface area contributed by atoms with Crippen molar-refractivity contribution in [2.75, 3.05) is 10.6 Å². The third-order valence-electron chi connectivity index (χ3n) is 4.34. The van der Waals surface area contributed by atoms with Crippen molar-refractivity contribution in [3.8, 4) is 11.4 Å². The summed E-state index contributed by atoms with van der Waals surface area (Å²) in [5, 5.41) is 7.04. The maximum absolute atomic E-state index is 12.8. The number of nitrogens with zero attached hydrogens (tertiary/aromatic N) is 3. The first-order chi connectivity index (χ1) is 14.3. The lowest BCUT2D eigenvalue weighted by Crippen LogP contribution is -2.49. The predicted octanol–water partition coefficient (Wildman–Crippen LogP) is 3.25. The zero-order valence-electron chi connectivity index (χ0n) is 16.4. The van der Waals surface area contributed by atoms with Gasteiger partial charge in [-0.3, -0.25) is 9.10 Å². The van der Waals surface area contributed by atoms with E-state index >= 15 is 0 Å². The van der Waals surface area contributed by atoms with E-state index in [4.69, 9.17) is 16.1 Å². The highest BCUT2D eigenvalue weighted by Crippen LogP contribution is 2.25. The highest BCUT2D eigenvalue weighted by molar-refractivity contribution is 7.92. The van der Waals surface area contributed by atoms with Crippen LogP contribution in [0.3, 0.4) is 0 Å². The number of carbonyl (C=O) groups excluding carboxylic acids is 1. The van der Waals surface area contributed by atoms with Crippen LogP contribution in [0.4, 0.5) is 5.69 Å². The number of rotatable bonds is 8. The smallest absolute Gasteiger partial charge is 0.246 e. The molecule has 0 radical (unpaired) electrons. The SMILES string of the molecule is CCC(C(=O)NCc1nc(-c2ccccc2Cl)no1)N(c1ccccc1)S(C)(=O)=O. The lowest BCUT2D eigenvalue weighted by atomic mass is 10.2. The molecule has 0 aliphatic carbocycles. The Morgan fingerprint density at radius 3 is 2.47 bits per heavy atom. The van der Waals surface area contributed by atoms with Gasteiger partial charge >= 0.3 is 0 Å². The number of sulfonamides is 1. The molecule has 10 heteroatoms. The van der Waals surface area contributed by atoms with E-state index in [-0.39, 0.29) is 18.9 Å². The Morgan fingerprint density at radius 1 is 1.17 bits per heavy atom. The Balaban J connectivity index is 1.75. The van der Waals surface area contributed by atoms with Gasteiger partial charge in [-0.25, -0.2) is 8.42 Å². The Hall–Kier alpha value is -2.91.